The predicted molar refractivity (Wildman–Crippen MR) is 117 cm³/mol. The van der Waals surface area contributed by atoms with Gasteiger partial charge in [0.05, 0.1) is 12.9 Å². The van der Waals surface area contributed by atoms with Crippen LogP contribution in [0.1, 0.15) is 11.1 Å². The highest BCUT2D eigenvalue weighted by Crippen LogP contribution is 2.33. The lowest BCUT2D eigenvalue weighted by Crippen LogP contribution is -2.22. The number of para-hydroxylation sites is 3. The average Bonchev–Trinajstić information content (AvgIpc) is 3.27. The zero-order valence-electron chi connectivity index (χ0n) is 16.1. The van der Waals surface area contributed by atoms with E-state index < -0.39 is 0 Å². The minimum absolute atomic E-state index is 0.452. The Bertz CT molecular complexity index is 973. The van der Waals surface area contributed by atoms with Crippen molar-refractivity contribution in [1.29, 1.82) is 0 Å². The molecule has 0 fully saturated rings. The second-order valence-electron chi connectivity index (χ2n) is 6.88. The van der Waals surface area contributed by atoms with Gasteiger partial charge in [-0.2, -0.15) is 0 Å². The first-order chi connectivity index (χ1) is 14.3. The van der Waals surface area contributed by atoms with E-state index in [1.165, 1.54) is 5.56 Å². The van der Waals surface area contributed by atoms with Gasteiger partial charge < -0.3 is 14.4 Å². The van der Waals surface area contributed by atoms with Crippen LogP contribution in [0.15, 0.2) is 77.8 Å². The van der Waals surface area contributed by atoms with E-state index in [1.807, 2.05) is 73.1 Å². The van der Waals surface area contributed by atoms with Crippen LogP contribution in [0, 0.1) is 0 Å². The van der Waals surface area contributed by atoms with Crippen molar-refractivity contribution in [3.63, 3.8) is 0 Å². The fourth-order valence-corrected chi connectivity index (χ4v) is 3.30. The topological polar surface area (TPSA) is 34.1 Å². The van der Waals surface area contributed by atoms with Crippen LogP contribution in [0.2, 0.25) is 5.02 Å². The molecule has 0 aliphatic carbocycles. The van der Waals surface area contributed by atoms with Gasteiger partial charge in [0.25, 0.3) is 0 Å². The zero-order valence-corrected chi connectivity index (χ0v) is 16.9. The normalized spacial score (nSPS) is 12.9. The van der Waals surface area contributed by atoms with Crippen molar-refractivity contribution in [2.75, 3.05) is 19.6 Å². The highest BCUT2D eigenvalue weighted by atomic mass is 35.5. The van der Waals surface area contributed by atoms with Crippen LogP contribution in [0.4, 0.5) is 0 Å². The third-order valence-corrected chi connectivity index (χ3v) is 5.03. The van der Waals surface area contributed by atoms with Crippen LogP contribution in [0.3, 0.4) is 0 Å². The summed E-state index contributed by atoms with van der Waals surface area (Å²) in [7, 11) is 0. The van der Waals surface area contributed by atoms with Gasteiger partial charge in [0.2, 0.25) is 0 Å². The lowest BCUT2D eigenvalue weighted by atomic mass is 10.1. The number of nitrogens with zero attached hydrogens (tertiary/aromatic N) is 2. The van der Waals surface area contributed by atoms with Gasteiger partial charge in [-0.15, -0.1) is 0 Å². The summed E-state index contributed by atoms with van der Waals surface area (Å²) in [6.45, 7) is 3.26. The number of halogens is 1. The van der Waals surface area contributed by atoms with Crippen molar-refractivity contribution in [2.45, 2.75) is 13.0 Å². The third-order valence-electron chi connectivity index (χ3n) is 4.78. The first-order valence-electron chi connectivity index (χ1n) is 9.74. The minimum Gasteiger partial charge on any atom is -0.485 e. The van der Waals surface area contributed by atoms with Gasteiger partial charge in [-0.25, -0.2) is 0 Å². The maximum absolute atomic E-state index is 6.27. The molecule has 5 heteroatoms. The van der Waals surface area contributed by atoms with E-state index in [1.54, 1.807) is 0 Å². The third kappa shape index (κ3) is 5.30. The molecule has 29 heavy (non-hydrogen) atoms. The van der Waals surface area contributed by atoms with Crippen molar-refractivity contribution >= 4 is 17.9 Å². The Hall–Kier alpha value is -2.98. The van der Waals surface area contributed by atoms with Crippen LogP contribution in [0.25, 0.3) is 0 Å². The average molecular weight is 407 g/mol. The predicted octanol–water partition coefficient (Wildman–Crippen LogP) is 5.60. The molecule has 1 aliphatic heterocycles. The van der Waals surface area contributed by atoms with Crippen LogP contribution in [-0.4, -0.2) is 30.9 Å². The lowest BCUT2D eigenvalue weighted by Gasteiger charge is -2.17. The molecule has 1 heterocycles. The Kier molecular flexibility index (Phi) is 6.32. The molecule has 0 radical (unpaired) electrons. The summed E-state index contributed by atoms with van der Waals surface area (Å²) in [4.78, 5) is 6.51. The fourth-order valence-electron chi connectivity index (χ4n) is 3.17. The molecule has 3 aromatic rings. The van der Waals surface area contributed by atoms with Gasteiger partial charge in [0.15, 0.2) is 11.5 Å². The molecule has 4 nitrogen and oxygen atoms in total. The summed E-state index contributed by atoms with van der Waals surface area (Å²) in [6, 6.07) is 23.6. The number of rotatable bonds is 8. The zero-order chi connectivity index (χ0) is 19.9. The molecule has 0 amide bonds. The number of hydrogen-bond donors (Lipinski definition) is 0. The van der Waals surface area contributed by atoms with Gasteiger partial charge in [0, 0.05) is 18.1 Å². The number of aliphatic imine (C=N–C) groups is 1. The van der Waals surface area contributed by atoms with Crippen molar-refractivity contribution in [3.05, 3.63) is 88.9 Å². The molecule has 0 spiro atoms. The van der Waals surface area contributed by atoms with E-state index in [0.29, 0.717) is 23.1 Å². The largest absolute Gasteiger partial charge is 0.485 e. The summed E-state index contributed by atoms with van der Waals surface area (Å²) >= 11 is 5.96. The van der Waals surface area contributed by atoms with E-state index in [-0.39, 0.29) is 0 Å². The molecule has 4 rings (SSSR count). The first kappa shape index (κ1) is 19.3. The van der Waals surface area contributed by atoms with Gasteiger partial charge >= 0.3 is 0 Å². The van der Waals surface area contributed by atoms with Crippen molar-refractivity contribution < 1.29 is 9.47 Å². The quantitative estimate of drug-likeness (QED) is 0.488. The van der Waals surface area contributed by atoms with Gasteiger partial charge in [-0.1, -0.05) is 54.1 Å². The lowest BCUT2D eigenvalue weighted by molar-refractivity contribution is 0.291. The van der Waals surface area contributed by atoms with Gasteiger partial charge in [0.1, 0.15) is 12.4 Å². The molecule has 0 unspecified atom stereocenters. The number of hydrogen-bond acceptors (Lipinski definition) is 4. The molecule has 3 aromatic carbocycles. The van der Waals surface area contributed by atoms with Crippen LogP contribution < -0.4 is 9.47 Å². The SMILES string of the molecule is Clc1ccc(COc2ccccc2Oc2ccccc2CCN2C=NCC2)cc1. The number of ether oxygens (including phenoxy) is 2. The molecule has 148 valence electrons. The summed E-state index contributed by atoms with van der Waals surface area (Å²) in [5.74, 6) is 2.27. The van der Waals surface area contributed by atoms with Crippen LogP contribution >= 0.6 is 11.6 Å². The smallest absolute Gasteiger partial charge is 0.169 e. The number of benzene rings is 3. The Morgan fingerprint density at radius 1 is 0.862 bits per heavy atom. The van der Waals surface area contributed by atoms with Crippen molar-refractivity contribution in [1.82, 2.24) is 4.90 Å². The summed E-state index contributed by atoms with van der Waals surface area (Å²) < 4.78 is 12.3. The Morgan fingerprint density at radius 2 is 1.59 bits per heavy atom. The second-order valence-corrected chi connectivity index (χ2v) is 7.32. The van der Waals surface area contributed by atoms with Crippen LogP contribution in [0.5, 0.6) is 17.2 Å². The molecule has 0 bridgehead atoms. The van der Waals surface area contributed by atoms with Crippen molar-refractivity contribution in [3.8, 4) is 17.2 Å². The highest BCUT2D eigenvalue weighted by Gasteiger charge is 2.11. The molecule has 0 aromatic heterocycles. The summed E-state index contributed by atoms with van der Waals surface area (Å²) in [6.07, 6.45) is 2.83. The molecule has 0 saturated heterocycles. The Balaban J connectivity index is 1.45. The minimum atomic E-state index is 0.452. The van der Waals surface area contributed by atoms with E-state index in [4.69, 9.17) is 21.1 Å². The fraction of sp³-hybridized carbons (Fsp3) is 0.208. The summed E-state index contributed by atoms with van der Waals surface area (Å²) in [5.41, 5.74) is 2.22. The molecule has 0 saturated carbocycles. The second kappa shape index (κ2) is 9.48. The van der Waals surface area contributed by atoms with Crippen LogP contribution in [-0.2, 0) is 13.0 Å². The maximum Gasteiger partial charge on any atom is 0.169 e. The monoisotopic (exact) mass is 406 g/mol. The van der Waals surface area contributed by atoms with Gasteiger partial charge in [-0.3, -0.25) is 4.99 Å². The van der Waals surface area contributed by atoms with E-state index >= 15 is 0 Å². The standard InChI is InChI=1S/C24H23ClN2O2/c25-21-11-9-19(10-12-21)17-28-23-7-3-4-8-24(23)29-22-6-2-1-5-20(22)13-15-27-16-14-26-18-27/h1-12,18H,13-17H2. The first-order valence-corrected chi connectivity index (χ1v) is 10.1. The van der Waals surface area contributed by atoms with Gasteiger partial charge in [-0.05, 0) is 47.9 Å². The molecular weight excluding hydrogens is 384 g/mol. The van der Waals surface area contributed by atoms with Crippen molar-refractivity contribution in [2.24, 2.45) is 4.99 Å². The molecule has 0 atom stereocenters. The molecule has 1 aliphatic rings. The molecule has 0 N–H and O–H groups in total. The highest BCUT2D eigenvalue weighted by molar-refractivity contribution is 6.30. The Labute approximate surface area is 176 Å². The molecular formula is C24H23ClN2O2. The summed E-state index contributed by atoms with van der Waals surface area (Å²) in [5, 5.41) is 0.717. The Morgan fingerprint density at radius 3 is 2.34 bits per heavy atom. The van der Waals surface area contributed by atoms with E-state index in [9.17, 15) is 0 Å². The van der Waals surface area contributed by atoms with E-state index in [2.05, 4.69) is 16.0 Å². The maximum atomic E-state index is 6.27. The van der Waals surface area contributed by atoms with E-state index in [0.717, 1.165) is 37.4 Å².